The fourth-order valence-corrected chi connectivity index (χ4v) is 2.07. The van der Waals surface area contributed by atoms with Crippen molar-refractivity contribution < 1.29 is 14.7 Å². The Morgan fingerprint density at radius 1 is 1.27 bits per heavy atom. The second-order valence-corrected chi connectivity index (χ2v) is 5.40. The van der Waals surface area contributed by atoms with Crippen molar-refractivity contribution in [3.8, 4) is 0 Å². The van der Waals surface area contributed by atoms with Crippen molar-refractivity contribution in [2.45, 2.75) is 26.4 Å². The Morgan fingerprint density at radius 3 is 2.77 bits per heavy atom. The Balaban J connectivity index is 1.89. The molecule has 0 bridgehead atoms. The van der Waals surface area contributed by atoms with Gasteiger partial charge < -0.3 is 20.7 Å². The van der Waals surface area contributed by atoms with Crippen LogP contribution in [-0.2, 0) is 9.59 Å². The summed E-state index contributed by atoms with van der Waals surface area (Å²) >= 11 is 0. The molecule has 2 amide bonds. The first-order valence-corrected chi connectivity index (χ1v) is 7.35. The highest BCUT2D eigenvalue weighted by molar-refractivity contribution is 6.39. The molecule has 1 heterocycles. The first-order valence-electron chi connectivity index (χ1n) is 7.35. The third kappa shape index (κ3) is 3.85. The van der Waals surface area contributed by atoms with E-state index in [4.69, 9.17) is 0 Å². The molecule has 0 aliphatic rings. The van der Waals surface area contributed by atoms with E-state index in [1.807, 2.05) is 26.0 Å². The Hall–Kier alpha value is -2.34. The zero-order valence-corrected chi connectivity index (χ0v) is 12.7. The van der Waals surface area contributed by atoms with Gasteiger partial charge in [0, 0.05) is 29.3 Å². The number of carbonyl (C=O) groups excluding carboxylic acids is 2. The monoisotopic (exact) mass is 303 g/mol. The summed E-state index contributed by atoms with van der Waals surface area (Å²) in [5, 5.41) is 15.7. The number of fused-ring (bicyclic) bond motifs is 1. The lowest BCUT2D eigenvalue weighted by atomic mass is 10.0. The molecule has 0 saturated carbocycles. The third-order valence-electron chi connectivity index (χ3n) is 3.79. The number of H-pyrrole nitrogens is 1. The van der Waals surface area contributed by atoms with E-state index in [-0.39, 0.29) is 12.5 Å². The summed E-state index contributed by atoms with van der Waals surface area (Å²) in [6, 6.07) is 7.21. The van der Waals surface area contributed by atoms with E-state index in [0.29, 0.717) is 5.69 Å². The largest absolute Gasteiger partial charge is 0.391 e. The molecule has 4 N–H and O–H groups in total. The highest BCUT2D eigenvalue weighted by Gasteiger charge is 2.17. The SMILES string of the molecule is CCC(C)C(O)CNC(=O)C(=O)Nc1ccc2[nH]ccc2c1. The van der Waals surface area contributed by atoms with Gasteiger partial charge in [-0.3, -0.25) is 9.59 Å². The van der Waals surface area contributed by atoms with Crippen LogP contribution >= 0.6 is 0 Å². The van der Waals surface area contributed by atoms with Crippen LogP contribution < -0.4 is 10.6 Å². The van der Waals surface area contributed by atoms with Gasteiger partial charge in [-0.25, -0.2) is 0 Å². The van der Waals surface area contributed by atoms with E-state index in [1.54, 1.807) is 18.3 Å². The number of hydrogen-bond acceptors (Lipinski definition) is 3. The smallest absolute Gasteiger partial charge is 0.313 e. The van der Waals surface area contributed by atoms with Gasteiger partial charge in [-0.15, -0.1) is 0 Å². The Bertz CT molecular complexity index is 665. The molecule has 118 valence electrons. The van der Waals surface area contributed by atoms with Gasteiger partial charge in [0.2, 0.25) is 0 Å². The van der Waals surface area contributed by atoms with E-state index in [9.17, 15) is 14.7 Å². The summed E-state index contributed by atoms with van der Waals surface area (Å²) in [6.07, 6.45) is 1.96. The number of hydrogen-bond donors (Lipinski definition) is 4. The standard InChI is InChI=1S/C16H21N3O3/c1-3-10(2)14(20)9-18-15(21)16(22)19-12-4-5-13-11(8-12)6-7-17-13/h4-8,10,14,17,20H,3,9H2,1-2H3,(H,18,21)(H,19,22). The Kier molecular flexibility index (Phi) is 5.16. The Morgan fingerprint density at radius 2 is 2.05 bits per heavy atom. The molecule has 2 atom stereocenters. The summed E-state index contributed by atoms with van der Waals surface area (Å²) in [7, 11) is 0. The minimum absolute atomic E-state index is 0.0676. The van der Waals surface area contributed by atoms with Crippen molar-refractivity contribution >= 4 is 28.4 Å². The zero-order chi connectivity index (χ0) is 16.1. The number of aliphatic hydroxyl groups excluding tert-OH is 1. The van der Waals surface area contributed by atoms with E-state index >= 15 is 0 Å². The molecule has 6 nitrogen and oxygen atoms in total. The summed E-state index contributed by atoms with van der Waals surface area (Å²) in [5.74, 6) is -1.43. The number of aromatic amines is 1. The summed E-state index contributed by atoms with van der Waals surface area (Å²) in [6.45, 7) is 3.92. The second-order valence-electron chi connectivity index (χ2n) is 5.40. The van der Waals surface area contributed by atoms with Crippen LogP contribution in [0.5, 0.6) is 0 Å². The number of amides is 2. The van der Waals surface area contributed by atoms with Crippen LogP contribution in [0, 0.1) is 5.92 Å². The van der Waals surface area contributed by atoms with Crippen LogP contribution in [0.1, 0.15) is 20.3 Å². The van der Waals surface area contributed by atoms with Crippen LogP contribution in [0.3, 0.4) is 0 Å². The van der Waals surface area contributed by atoms with Crippen molar-refractivity contribution in [2.75, 3.05) is 11.9 Å². The van der Waals surface area contributed by atoms with Gasteiger partial charge in [0.1, 0.15) is 0 Å². The number of carbonyl (C=O) groups is 2. The van der Waals surface area contributed by atoms with Crippen LogP contribution in [0.25, 0.3) is 10.9 Å². The van der Waals surface area contributed by atoms with Gasteiger partial charge in [-0.05, 0) is 30.2 Å². The molecule has 0 aliphatic carbocycles. The van der Waals surface area contributed by atoms with Crippen LogP contribution in [0.15, 0.2) is 30.5 Å². The van der Waals surface area contributed by atoms with E-state index in [1.165, 1.54) is 0 Å². The molecule has 6 heteroatoms. The minimum atomic E-state index is -0.753. The topological polar surface area (TPSA) is 94.2 Å². The average molecular weight is 303 g/mol. The predicted octanol–water partition coefficient (Wildman–Crippen LogP) is 1.63. The minimum Gasteiger partial charge on any atom is -0.391 e. The van der Waals surface area contributed by atoms with Crippen LogP contribution in [0.4, 0.5) is 5.69 Å². The number of anilines is 1. The van der Waals surface area contributed by atoms with Crippen molar-refractivity contribution in [1.29, 1.82) is 0 Å². The zero-order valence-electron chi connectivity index (χ0n) is 12.7. The maximum absolute atomic E-state index is 11.8. The van der Waals surface area contributed by atoms with Gasteiger partial charge in [-0.1, -0.05) is 20.3 Å². The normalized spacial score (nSPS) is 13.6. The maximum Gasteiger partial charge on any atom is 0.313 e. The molecule has 1 aromatic carbocycles. The van der Waals surface area contributed by atoms with Gasteiger partial charge in [0.05, 0.1) is 6.10 Å². The molecule has 0 spiro atoms. The molecule has 2 rings (SSSR count). The van der Waals surface area contributed by atoms with Crippen LogP contribution in [-0.4, -0.2) is 34.6 Å². The lowest BCUT2D eigenvalue weighted by Gasteiger charge is -2.17. The number of rotatable bonds is 5. The summed E-state index contributed by atoms with van der Waals surface area (Å²) < 4.78 is 0. The molecular weight excluding hydrogens is 282 g/mol. The lowest BCUT2D eigenvalue weighted by molar-refractivity contribution is -0.136. The van der Waals surface area contributed by atoms with E-state index in [2.05, 4.69) is 15.6 Å². The van der Waals surface area contributed by atoms with Gasteiger partial charge >= 0.3 is 11.8 Å². The van der Waals surface area contributed by atoms with Crippen LogP contribution in [0.2, 0.25) is 0 Å². The lowest BCUT2D eigenvalue weighted by Crippen LogP contribution is -2.41. The number of aromatic nitrogens is 1. The summed E-state index contributed by atoms with van der Waals surface area (Å²) in [5.41, 5.74) is 1.51. The fourth-order valence-electron chi connectivity index (χ4n) is 2.07. The molecule has 2 aromatic rings. The van der Waals surface area contributed by atoms with Crippen molar-refractivity contribution in [1.82, 2.24) is 10.3 Å². The number of aliphatic hydroxyl groups is 1. The molecule has 0 aliphatic heterocycles. The second kappa shape index (κ2) is 7.09. The highest BCUT2D eigenvalue weighted by atomic mass is 16.3. The van der Waals surface area contributed by atoms with E-state index in [0.717, 1.165) is 17.3 Å². The first kappa shape index (κ1) is 16.0. The molecule has 0 saturated heterocycles. The Labute approximate surface area is 128 Å². The molecule has 0 fully saturated rings. The number of benzene rings is 1. The van der Waals surface area contributed by atoms with Crippen molar-refractivity contribution in [3.05, 3.63) is 30.5 Å². The highest BCUT2D eigenvalue weighted by Crippen LogP contribution is 2.17. The fraction of sp³-hybridized carbons (Fsp3) is 0.375. The quantitative estimate of drug-likeness (QED) is 0.632. The molecule has 0 radical (unpaired) electrons. The average Bonchev–Trinajstić information content (AvgIpc) is 2.98. The van der Waals surface area contributed by atoms with Gasteiger partial charge in [0.25, 0.3) is 0 Å². The first-order chi connectivity index (χ1) is 10.5. The predicted molar refractivity (Wildman–Crippen MR) is 85.4 cm³/mol. The third-order valence-corrected chi connectivity index (χ3v) is 3.79. The number of nitrogens with one attached hydrogen (secondary N) is 3. The summed E-state index contributed by atoms with van der Waals surface area (Å²) in [4.78, 5) is 26.6. The maximum atomic E-state index is 11.8. The molecule has 1 aromatic heterocycles. The van der Waals surface area contributed by atoms with Gasteiger partial charge in [0.15, 0.2) is 0 Å². The van der Waals surface area contributed by atoms with Crippen molar-refractivity contribution in [3.63, 3.8) is 0 Å². The van der Waals surface area contributed by atoms with Crippen molar-refractivity contribution in [2.24, 2.45) is 5.92 Å². The molecule has 2 unspecified atom stereocenters. The van der Waals surface area contributed by atoms with Gasteiger partial charge in [-0.2, -0.15) is 0 Å². The van der Waals surface area contributed by atoms with E-state index < -0.39 is 17.9 Å². The molecular formula is C16H21N3O3. The molecule has 22 heavy (non-hydrogen) atoms.